The van der Waals surface area contributed by atoms with Gasteiger partial charge in [0.2, 0.25) is 0 Å². The molecular weight excluding hydrogens is 248 g/mol. The highest BCUT2D eigenvalue weighted by Gasteiger charge is 2.30. The number of fused-ring (bicyclic) bond motifs is 1. The molecule has 0 amide bonds. The summed E-state index contributed by atoms with van der Waals surface area (Å²) in [6.07, 6.45) is 2.66. The Morgan fingerprint density at radius 1 is 1.42 bits per heavy atom. The molecule has 0 bridgehead atoms. The Morgan fingerprint density at radius 3 is 3.00 bits per heavy atom. The Kier molecular flexibility index (Phi) is 3.09. The van der Waals surface area contributed by atoms with E-state index in [0.717, 1.165) is 5.56 Å². The van der Waals surface area contributed by atoms with Crippen molar-refractivity contribution in [2.45, 2.75) is 12.6 Å². The van der Waals surface area contributed by atoms with Crippen LogP contribution < -0.4 is 5.56 Å². The van der Waals surface area contributed by atoms with Crippen LogP contribution in [0.5, 0.6) is 0 Å². The number of nitrogens with one attached hydrogen (secondary N) is 2. The van der Waals surface area contributed by atoms with Crippen LogP contribution in [0.25, 0.3) is 11.0 Å². The van der Waals surface area contributed by atoms with Crippen LogP contribution in [0.2, 0.25) is 0 Å². The molecule has 7 heteroatoms. The molecule has 2 aromatic heterocycles. The zero-order valence-electron chi connectivity index (χ0n) is 10.3. The molecule has 3 rings (SSSR count). The number of H-pyrrole nitrogens is 2. The quantitative estimate of drug-likeness (QED) is 0.571. The van der Waals surface area contributed by atoms with Gasteiger partial charge >= 0.3 is 0 Å². The second-order valence-electron chi connectivity index (χ2n) is 4.97. The van der Waals surface area contributed by atoms with Gasteiger partial charge in [0.25, 0.3) is 5.56 Å². The number of aromatic amines is 2. The molecule has 0 saturated carbocycles. The van der Waals surface area contributed by atoms with E-state index in [1.54, 1.807) is 6.20 Å². The predicted octanol–water partition coefficient (Wildman–Crippen LogP) is -0.964. The standard InChI is InChI=1S/C12H16N4O3/c17-5-8-3-16(4-9(8)18)2-7-1-13-11-10(7)14-6-15-12(11)19/h1,6,8-9,13,17-18H,2-5H2,(H,14,15,19)/t8-,9-/m1/s1. The summed E-state index contributed by atoms with van der Waals surface area (Å²) < 4.78 is 0. The number of β-amino-alcohol motifs (C(OH)–C–C–N with tert-alkyl or cyclic N) is 1. The van der Waals surface area contributed by atoms with Gasteiger partial charge in [0, 0.05) is 43.9 Å². The average molecular weight is 264 g/mol. The fraction of sp³-hybridized carbons (Fsp3) is 0.500. The van der Waals surface area contributed by atoms with Gasteiger partial charge in [-0.15, -0.1) is 0 Å². The molecule has 0 aliphatic carbocycles. The molecule has 0 unspecified atom stereocenters. The molecule has 0 radical (unpaired) electrons. The lowest BCUT2D eigenvalue weighted by Crippen LogP contribution is -2.21. The first kappa shape index (κ1) is 12.3. The van der Waals surface area contributed by atoms with Crippen LogP contribution in [-0.4, -0.2) is 55.9 Å². The van der Waals surface area contributed by atoms with Gasteiger partial charge in [-0.25, -0.2) is 4.98 Å². The van der Waals surface area contributed by atoms with Crippen molar-refractivity contribution in [3.63, 3.8) is 0 Å². The number of aliphatic hydroxyl groups is 2. The minimum atomic E-state index is -0.494. The Morgan fingerprint density at radius 2 is 2.26 bits per heavy atom. The topological polar surface area (TPSA) is 105 Å². The summed E-state index contributed by atoms with van der Waals surface area (Å²) in [5, 5.41) is 18.9. The monoisotopic (exact) mass is 264 g/mol. The maximum atomic E-state index is 11.6. The largest absolute Gasteiger partial charge is 0.396 e. The number of aromatic nitrogens is 3. The zero-order valence-corrected chi connectivity index (χ0v) is 10.3. The number of likely N-dealkylation sites (tertiary alicyclic amines) is 1. The molecule has 1 aliphatic heterocycles. The maximum Gasteiger partial charge on any atom is 0.275 e. The summed E-state index contributed by atoms with van der Waals surface area (Å²) in [6, 6.07) is 0. The van der Waals surface area contributed by atoms with E-state index in [9.17, 15) is 9.90 Å². The van der Waals surface area contributed by atoms with Crippen molar-refractivity contribution in [2.24, 2.45) is 5.92 Å². The Hall–Kier alpha value is -1.70. The summed E-state index contributed by atoms with van der Waals surface area (Å²) >= 11 is 0. The number of rotatable bonds is 3. The van der Waals surface area contributed by atoms with E-state index < -0.39 is 6.10 Å². The molecule has 3 heterocycles. The van der Waals surface area contributed by atoms with E-state index >= 15 is 0 Å². The van der Waals surface area contributed by atoms with Crippen LogP contribution >= 0.6 is 0 Å². The number of aliphatic hydroxyl groups excluding tert-OH is 2. The van der Waals surface area contributed by atoms with Crippen molar-refractivity contribution in [1.29, 1.82) is 0 Å². The van der Waals surface area contributed by atoms with Crippen LogP contribution in [0.15, 0.2) is 17.3 Å². The van der Waals surface area contributed by atoms with Crippen molar-refractivity contribution < 1.29 is 10.2 Å². The lowest BCUT2D eigenvalue weighted by Gasteiger charge is -2.13. The third-order valence-electron chi connectivity index (χ3n) is 3.66. The van der Waals surface area contributed by atoms with Crippen molar-refractivity contribution >= 4 is 11.0 Å². The van der Waals surface area contributed by atoms with E-state index in [0.29, 0.717) is 30.7 Å². The highest BCUT2D eigenvalue weighted by molar-refractivity contribution is 5.77. The molecule has 1 fully saturated rings. The van der Waals surface area contributed by atoms with Gasteiger partial charge in [-0.2, -0.15) is 0 Å². The molecule has 19 heavy (non-hydrogen) atoms. The molecule has 0 aromatic carbocycles. The fourth-order valence-corrected chi connectivity index (χ4v) is 2.62. The van der Waals surface area contributed by atoms with Crippen LogP contribution in [-0.2, 0) is 6.54 Å². The third-order valence-corrected chi connectivity index (χ3v) is 3.66. The third kappa shape index (κ3) is 2.16. The zero-order chi connectivity index (χ0) is 13.4. The Balaban J connectivity index is 1.83. The normalized spacial score (nSPS) is 24.3. The second-order valence-corrected chi connectivity index (χ2v) is 4.97. The van der Waals surface area contributed by atoms with Crippen molar-refractivity contribution in [3.8, 4) is 0 Å². The number of nitrogens with zero attached hydrogens (tertiary/aromatic N) is 2. The van der Waals surface area contributed by atoms with Crippen LogP contribution in [0.3, 0.4) is 0 Å². The highest BCUT2D eigenvalue weighted by atomic mass is 16.3. The lowest BCUT2D eigenvalue weighted by atomic mass is 10.1. The van der Waals surface area contributed by atoms with Crippen molar-refractivity contribution in [1.82, 2.24) is 19.9 Å². The molecule has 4 N–H and O–H groups in total. The van der Waals surface area contributed by atoms with Crippen LogP contribution in [0.4, 0.5) is 0 Å². The summed E-state index contributed by atoms with van der Waals surface area (Å²) in [4.78, 5) is 23.2. The molecule has 2 atom stereocenters. The fourth-order valence-electron chi connectivity index (χ4n) is 2.62. The SMILES string of the molecule is O=c1[nH]cnc2c(CN3C[C@H](CO)[C@H](O)C3)c[nH]c12. The minimum absolute atomic E-state index is 0.0104. The molecule has 1 aliphatic rings. The predicted molar refractivity (Wildman–Crippen MR) is 68.6 cm³/mol. The summed E-state index contributed by atoms with van der Waals surface area (Å²) in [5.74, 6) is -0.0958. The number of hydrogen-bond donors (Lipinski definition) is 4. The Labute approximate surface area is 108 Å². The summed E-state index contributed by atoms with van der Waals surface area (Å²) in [6.45, 7) is 1.77. The molecule has 1 saturated heterocycles. The van der Waals surface area contributed by atoms with Crippen LogP contribution in [0.1, 0.15) is 5.56 Å². The first-order valence-electron chi connectivity index (χ1n) is 6.24. The van der Waals surface area contributed by atoms with Gasteiger partial charge < -0.3 is 20.2 Å². The molecule has 0 spiro atoms. The van der Waals surface area contributed by atoms with E-state index in [4.69, 9.17) is 5.11 Å². The maximum absolute atomic E-state index is 11.6. The Bertz CT molecular complexity index is 635. The van der Waals surface area contributed by atoms with Gasteiger partial charge in [0.05, 0.1) is 17.9 Å². The second kappa shape index (κ2) is 4.76. The molecule has 2 aromatic rings. The molecule has 102 valence electrons. The number of hydrogen-bond acceptors (Lipinski definition) is 5. The van der Waals surface area contributed by atoms with Gasteiger partial charge in [0.15, 0.2) is 0 Å². The van der Waals surface area contributed by atoms with Gasteiger partial charge in [-0.05, 0) is 0 Å². The van der Waals surface area contributed by atoms with Gasteiger partial charge in [-0.1, -0.05) is 0 Å². The smallest absolute Gasteiger partial charge is 0.275 e. The van der Waals surface area contributed by atoms with E-state index in [-0.39, 0.29) is 18.1 Å². The molecular formula is C12H16N4O3. The first-order chi connectivity index (χ1) is 9.19. The molecule has 7 nitrogen and oxygen atoms in total. The van der Waals surface area contributed by atoms with Gasteiger partial charge in [-0.3, -0.25) is 9.69 Å². The first-order valence-corrected chi connectivity index (χ1v) is 6.24. The van der Waals surface area contributed by atoms with Crippen molar-refractivity contribution in [2.75, 3.05) is 19.7 Å². The van der Waals surface area contributed by atoms with Gasteiger partial charge in [0.1, 0.15) is 5.52 Å². The average Bonchev–Trinajstić information content (AvgIpc) is 2.95. The van der Waals surface area contributed by atoms with Crippen molar-refractivity contribution in [3.05, 3.63) is 28.4 Å². The summed E-state index contributed by atoms with van der Waals surface area (Å²) in [5.41, 5.74) is 1.86. The summed E-state index contributed by atoms with van der Waals surface area (Å²) in [7, 11) is 0. The highest BCUT2D eigenvalue weighted by Crippen LogP contribution is 2.21. The van der Waals surface area contributed by atoms with E-state index in [2.05, 4.69) is 19.9 Å². The van der Waals surface area contributed by atoms with E-state index in [1.807, 2.05) is 0 Å². The van der Waals surface area contributed by atoms with E-state index in [1.165, 1.54) is 6.33 Å². The lowest BCUT2D eigenvalue weighted by molar-refractivity contribution is 0.103. The van der Waals surface area contributed by atoms with Crippen LogP contribution in [0, 0.1) is 5.92 Å². The minimum Gasteiger partial charge on any atom is -0.396 e.